The molecule has 0 unspecified atom stereocenters. The van der Waals surface area contributed by atoms with Gasteiger partial charge in [0.15, 0.2) is 0 Å². The summed E-state index contributed by atoms with van der Waals surface area (Å²) < 4.78 is 0. The Morgan fingerprint density at radius 2 is 2.18 bits per heavy atom. The van der Waals surface area contributed by atoms with E-state index >= 15 is 0 Å². The van der Waals surface area contributed by atoms with Crippen molar-refractivity contribution in [2.75, 3.05) is 13.1 Å². The predicted molar refractivity (Wildman–Crippen MR) is 64.7 cm³/mol. The van der Waals surface area contributed by atoms with Gasteiger partial charge in [-0.2, -0.15) is 0 Å². The van der Waals surface area contributed by atoms with Crippen LogP contribution in [0.15, 0.2) is 18.3 Å². The van der Waals surface area contributed by atoms with Crippen molar-refractivity contribution >= 4 is 5.91 Å². The minimum absolute atomic E-state index is 0.0408. The van der Waals surface area contributed by atoms with E-state index in [1.165, 1.54) is 0 Å². The van der Waals surface area contributed by atoms with Crippen LogP contribution >= 0.6 is 0 Å². The van der Waals surface area contributed by atoms with Crippen molar-refractivity contribution in [3.05, 3.63) is 29.6 Å². The molecule has 0 bridgehead atoms. The highest BCUT2D eigenvalue weighted by molar-refractivity contribution is 5.95. The molecule has 1 N–H and O–H groups in total. The Morgan fingerprint density at radius 3 is 2.71 bits per heavy atom. The second-order valence-electron chi connectivity index (χ2n) is 5.06. The minimum Gasteiger partial charge on any atom is -0.386 e. The van der Waals surface area contributed by atoms with Gasteiger partial charge < -0.3 is 10.0 Å². The van der Waals surface area contributed by atoms with Gasteiger partial charge in [0.25, 0.3) is 5.91 Å². The number of nitrogens with zero attached hydrogens (tertiary/aromatic N) is 2. The van der Waals surface area contributed by atoms with Gasteiger partial charge in [-0.3, -0.25) is 9.78 Å². The standard InChI is InChI=1S/C13H18N2O2/c1-9(2)13(17)7-15(8-13)12(16)11-5-4-6-14-10(11)3/h4-6,9,17H,7-8H2,1-3H3. The molecule has 0 aliphatic carbocycles. The highest BCUT2D eigenvalue weighted by atomic mass is 16.3. The SMILES string of the molecule is Cc1ncccc1C(=O)N1CC(O)(C(C)C)C1. The molecule has 4 nitrogen and oxygen atoms in total. The fraction of sp³-hybridized carbons (Fsp3) is 0.538. The number of likely N-dealkylation sites (tertiary alicyclic amines) is 1. The molecule has 92 valence electrons. The van der Waals surface area contributed by atoms with Gasteiger partial charge in [-0.25, -0.2) is 0 Å². The van der Waals surface area contributed by atoms with Crippen LogP contribution in [0.5, 0.6) is 0 Å². The number of amides is 1. The van der Waals surface area contributed by atoms with Crippen LogP contribution in [-0.4, -0.2) is 39.6 Å². The van der Waals surface area contributed by atoms with E-state index in [9.17, 15) is 9.90 Å². The Bertz CT molecular complexity index is 437. The predicted octanol–water partition coefficient (Wildman–Crippen LogP) is 1.23. The van der Waals surface area contributed by atoms with Crippen molar-refractivity contribution < 1.29 is 9.90 Å². The van der Waals surface area contributed by atoms with Crippen LogP contribution in [0.3, 0.4) is 0 Å². The maximum atomic E-state index is 12.1. The van der Waals surface area contributed by atoms with E-state index in [1.54, 1.807) is 23.2 Å². The first-order valence-corrected chi connectivity index (χ1v) is 5.87. The highest BCUT2D eigenvalue weighted by Gasteiger charge is 2.46. The molecule has 0 radical (unpaired) electrons. The Kier molecular flexibility index (Phi) is 2.91. The molecule has 1 saturated heterocycles. The average Bonchev–Trinajstić information content (AvgIpc) is 2.24. The molecule has 0 aromatic carbocycles. The van der Waals surface area contributed by atoms with E-state index < -0.39 is 5.60 Å². The van der Waals surface area contributed by atoms with E-state index in [1.807, 2.05) is 20.8 Å². The maximum absolute atomic E-state index is 12.1. The number of aromatic nitrogens is 1. The second kappa shape index (κ2) is 4.11. The van der Waals surface area contributed by atoms with Crippen LogP contribution in [0.1, 0.15) is 29.9 Å². The van der Waals surface area contributed by atoms with Gasteiger partial charge in [0.2, 0.25) is 0 Å². The number of aryl methyl sites for hydroxylation is 1. The van der Waals surface area contributed by atoms with Crippen LogP contribution in [-0.2, 0) is 0 Å². The smallest absolute Gasteiger partial charge is 0.255 e. The third-order valence-electron chi connectivity index (χ3n) is 3.53. The van der Waals surface area contributed by atoms with Gasteiger partial charge in [-0.1, -0.05) is 13.8 Å². The van der Waals surface area contributed by atoms with Gasteiger partial charge in [-0.15, -0.1) is 0 Å². The van der Waals surface area contributed by atoms with Crippen LogP contribution in [0.25, 0.3) is 0 Å². The summed E-state index contributed by atoms with van der Waals surface area (Å²) in [6.07, 6.45) is 1.67. The first-order valence-electron chi connectivity index (χ1n) is 5.87. The number of hydrogen-bond donors (Lipinski definition) is 1. The lowest BCUT2D eigenvalue weighted by atomic mass is 9.82. The third kappa shape index (κ3) is 2.05. The minimum atomic E-state index is -0.716. The van der Waals surface area contributed by atoms with Crippen molar-refractivity contribution in [2.45, 2.75) is 26.4 Å². The largest absolute Gasteiger partial charge is 0.386 e. The third-order valence-corrected chi connectivity index (χ3v) is 3.53. The molecular formula is C13H18N2O2. The lowest BCUT2D eigenvalue weighted by molar-refractivity contribution is -0.110. The number of rotatable bonds is 2. The molecule has 1 aliphatic rings. The first-order chi connectivity index (χ1) is 7.94. The molecule has 0 spiro atoms. The molecule has 0 atom stereocenters. The summed E-state index contributed by atoms with van der Waals surface area (Å²) in [6.45, 7) is 6.59. The molecule has 2 heterocycles. The maximum Gasteiger partial charge on any atom is 0.255 e. The quantitative estimate of drug-likeness (QED) is 0.837. The van der Waals surface area contributed by atoms with Crippen LogP contribution in [0.4, 0.5) is 0 Å². The molecular weight excluding hydrogens is 216 g/mol. The number of pyridine rings is 1. The summed E-state index contributed by atoms with van der Waals surface area (Å²) in [5.41, 5.74) is 0.641. The monoisotopic (exact) mass is 234 g/mol. The Balaban J connectivity index is 2.08. The van der Waals surface area contributed by atoms with Crippen molar-refractivity contribution in [2.24, 2.45) is 5.92 Å². The second-order valence-corrected chi connectivity index (χ2v) is 5.06. The van der Waals surface area contributed by atoms with Crippen molar-refractivity contribution in [3.63, 3.8) is 0 Å². The fourth-order valence-corrected chi connectivity index (χ4v) is 2.00. The summed E-state index contributed by atoms with van der Waals surface area (Å²) in [6, 6.07) is 3.53. The van der Waals surface area contributed by atoms with Crippen LogP contribution in [0, 0.1) is 12.8 Å². The lowest BCUT2D eigenvalue weighted by Gasteiger charge is -2.49. The Hall–Kier alpha value is -1.42. The van der Waals surface area contributed by atoms with E-state index in [-0.39, 0.29) is 11.8 Å². The van der Waals surface area contributed by atoms with Crippen LogP contribution in [0.2, 0.25) is 0 Å². The van der Waals surface area contributed by atoms with Gasteiger partial charge in [0.1, 0.15) is 5.60 Å². The van der Waals surface area contributed by atoms with Gasteiger partial charge in [0.05, 0.1) is 18.7 Å². The normalized spacial score (nSPS) is 18.1. The van der Waals surface area contributed by atoms with Crippen molar-refractivity contribution in [1.29, 1.82) is 0 Å². The molecule has 4 heteroatoms. The average molecular weight is 234 g/mol. The zero-order chi connectivity index (χ0) is 12.6. The summed E-state index contributed by atoms with van der Waals surface area (Å²) in [4.78, 5) is 17.9. The summed E-state index contributed by atoms with van der Waals surface area (Å²) in [5.74, 6) is 0.127. The number of carbonyl (C=O) groups is 1. The number of hydrogen-bond acceptors (Lipinski definition) is 3. The van der Waals surface area contributed by atoms with Crippen molar-refractivity contribution in [1.82, 2.24) is 9.88 Å². The number of aliphatic hydroxyl groups is 1. The van der Waals surface area contributed by atoms with E-state index in [2.05, 4.69) is 4.98 Å². The van der Waals surface area contributed by atoms with Crippen molar-refractivity contribution in [3.8, 4) is 0 Å². The summed E-state index contributed by atoms with van der Waals surface area (Å²) in [7, 11) is 0. The number of β-amino-alcohol motifs (C(OH)–C–C–N with tert-alkyl or cyclic N) is 1. The molecule has 1 fully saturated rings. The molecule has 1 aromatic rings. The molecule has 1 amide bonds. The van der Waals surface area contributed by atoms with Gasteiger partial charge >= 0.3 is 0 Å². The molecule has 2 rings (SSSR count). The zero-order valence-electron chi connectivity index (χ0n) is 10.5. The van der Waals surface area contributed by atoms with E-state index in [0.717, 1.165) is 5.69 Å². The fourth-order valence-electron chi connectivity index (χ4n) is 2.00. The summed E-state index contributed by atoms with van der Waals surface area (Å²) in [5, 5.41) is 10.1. The molecule has 17 heavy (non-hydrogen) atoms. The topological polar surface area (TPSA) is 53.4 Å². The molecule has 1 aromatic heterocycles. The molecule has 0 saturated carbocycles. The Morgan fingerprint density at radius 1 is 1.53 bits per heavy atom. The van der Waals surface area contributed by atoms with Gasteiger partial charge in [-0.05, 0) is 25.0 Å². The van der Waals surface area contributed by atoms with E-state index in [0.29, 0.717) is 18.7 Å². The summed E-state index contributed by atoms with van der Waals surface area (Å²) >= 11 is 0. The van der Waals surface area contributed by atoms with E-state index in [4.69, 9.17) is 0 Å². The highest BCUT2D eigenvalue weighted by Crippen LogP contribution is 2.29. The number of carbonyl (C=O) groups excluding carboxylic acids is 1. The van der Waals surface area contributed by atoms with Crippen LogP contribution < -0.4 is 0 Å². The zero-order valence-corrected chi connectivity index (χ0v) is 10.5. The molecule has 1 aliphatic heterocycles. The lowest BCUT2D eigenvalue weighted by Crippen LogP contribution is -2.66. The Labute approximate surface area is 101 Å². The first kappa shape index (κ1) is 12.0. The van der Waals surface area contributed by atoms with Gasteiger partial charge in [0, 0.05) is 11.9 Å².